The molecule has 0 bridgehead atoms. The van der Waals surface area contributed by atoms with Gasteiger partial charge in [-0.25, -0.2) is 9.59 Å². The number of aromatic nitrogens is 1. The molecule has 1 heterocycles. The van der Waals surface area contributed by atoms with Gasteiger partial charge in [-0.2, -0.15) is 0 Å². The first kappa shape index (κ1) is 13.0. The molecule has 1 rings (SSSR count). The van der Waals surface area contributed by atoms with Crippen molar-refractivity contribution in [2.75, 3.05) is 13.7 Å². The molecule has 0 atom stereocenters. The third-order valence-electron chi connectivity index (χ3n) is 2.01. The maximum atomic E-state index is 11.3. The molecule has 0 aliphatic carbocycles. The number of nitrogens with one attached hydrogen (secondary N) is 2. The highest BCUT2D eigenvalue weighted by Crippen LogP contribution is 2.03. The molecular formula is C11H15N3O3. The van der Waals surface area contributed by atoms with E-state index >= 15 is 0 Å². The second-order valence-corrected chi connectivity index (χ2v) is 3.24. The van der Waals surface area contributed by atoms with Gasteiger partial charge in [0, 0.05) is 12.7 Å². The fraction of sp³-hybridized carbons (Fsp3) is 0.364. The van der Waals surface area contributed by atoms with E-state index < -0.39 is 5.97 Å². The Kier molecular flexibility index (Phi) is 4.93. The molecule has 6 heteroatoms. The number of esters is 1. The Balaban J connectivity index is 2.60. The second kappa shape index (κ2) is 6.47. The van der Waals surface area contributed by atoms with Crippen molar-refractivity contribution in [2.45, 2.75) is 13.5 Å². The molecule has 2 amide bonds. The van der Waals surface area contributed by atoms with Crippen LogP contribution in [0.3, 0.4) is 0 Å². The molecule has 0 aliphatic heterocycles. The minimum Gasteiger partial charge on any atom is -0.465 e. The van der Waals surface area contributed by atoms with Crippen LogP contribution in [0.5, 0.6) is 0 Å². The van der Waals surface area contributed by atoms with Gasteiger partial charge in [0.05, 0.1) is 24.9 Å². The molecular weight excluding hydrogens is 222 g/mol. The number of hydrogen-bond donors (Lipinski definition) is 2. The van der Waals surface area contributed by atoms with Crippen LogP contribution in [-0.2, 0) is 11.3 Å². The standard InChI is InChI=1S/C11H15N3O3/c1-3-12-11(16)14-7-9-6-8(4-5-13-9)10(15)17-2/h4-6H,3,7H2,1-2H3,(H2,12,14,16). The zero-order chi connectivity index (χ0) is 12.7. The zero-order valence-electron chi connectivity index (χ0n) is 9.82. The lowest BCUT2D eigenvalue weighted by atomic mass is 10.2. The SMILES string of the molecule is CCNC(=O)NCc1cc(C(=O)OC)ccn1. The fourth-order valence-corrected chi connectivity index (χ4v) is 1.21. The third kappa shape index (κ3) is 4.10. The Bertz CT molecular complexity index is 407. The first-order valence-corrected chi connectivity index (χ1v) is 5.22. The van der Waals surface area contributed by atoms with E-state index in [1.54, 1.807) is 12.1 Å². The van der Waals surface area contributed by atoms with Gasteiger partial charge in [-0.3, -0.25) is 4.98 Å². The van der Waals surface area contributed by atoms with Crippen molar-refractivity contribution in [1.29, 1.82) is 0 Å². The van der Waals surface area contributed by atoms with Crippen molar-refractivity contribution < 1.29 is 14.3 Å². The number of urea groups is 1. The van der Waals surface area contributed by atoms with Gasteiger partial charge in [-0.15, -0.1) is 0 Å². The van der Waals surface area contributed by atoms with Gasteiger partial charge in [0.15, 0.2) is 0 Å². The normalized spacial score (nSPS) is 9.53. The maximum absolute atomic E-state index is 11.3. The molecule has 0 radical (unpaired) electrons. The van der Waals surface area contributed by atoms with Gasteiger partial charge in [0.1, 0.15) is 0 Å². The summed E-state index contributed by atoms with van der Waals surface area (Å²) in [6, 6.07) is 2.87. The highest BCUT2D eigenvalue weighted by atomic mass is 16.5. The number of amides is 2. The molecule has 0 fully saturated rings. The number of carbonyl (C=O) groups is 2. The Hall–Kier alpha value is -2.11. The highest BCUT2D eigenvalue weighted by molar-refractivity contribution is 5.89. The first-order valence-electron chi connectivity index (χ1n) is 5.22. The molecule has 1 aromatic rings. The van der Waals surface area contributed by atoms with Crippen molar-refractivity contribution >= 4 is 12.0 Å². The summed E-state index contributed by atoms with van der Waals surface area (Å²) in [5.41, 5.74) is 1.01. The Morgan fingerprint density at radius 3 is 2.82 bits per heavy atom. The number of nitrogens with zero attached hydrogens (tertiary/aromatic N) is 1. The monoisotopic (exact) mass is 237 g/mol. The van der Waals surface area contributed by atoms with E-state index in [0.29, 0.717) is 17.8 Å². The topological polar surface area (TPSA) is 80.3 Å². The van der Waals surface area contributed by atoms with E-state index in [-0.39, 0.29) is 12.6 Å². The lowest BCUT2D eigenvalue weighted by Crippen LogP contribution is -2.34. The molecule has 0 aromatic carbocycles. The van der Waals surface area contributed by atoms with Crippen LogP contribution in [0.15, 0.2) is 18.3 Å². The van der Waals surface area contributed by atoms with Gasteiger partial charge in [-0.1, -0.05) is 0 Å². The van der Waals surface area contributed by atoms with Crippen molar-refractivity contribution in [3.8, 4) is 0 Å². The fourth-order valence-electron chi connectivity index (χ4n) is 1.21. The number of pyridine rings is 1. The van der Waals surface area contributed by atoms with E-state index in [2.05, 4.69) is 20.4 Å². The second-order valence-electron chi connectivity index (χ2n) is 3.24. The number of ether oxygens (including phenoxy) is 1. The van der Waals surface area contributed by atoms with Gasteiger partial charge >= 0.3 is 12.0 Å². The molecule has 2 N–H and O–H groups in total. The Labute approximate surface area is 99.4 Å². The molecule has 6 nitrogen and oxygen atoms in total. The van der Waals surface area contributed by atoms with Crippen LogP contribution in [0.2, 0.25) is 0 Å². The van der Waals surface area contributed by atoms with Crippen molar-refractivity contribution in [3.63, 3.8) is 0 Å². The molecule has 92 valence electrons. The third-order valence-corrected chi connectivity index (χ3v) is 2.01. The van der Waals surface area contributed by atoms with E-state index in [1.807, 2.05) is 6.92 Å². The van der Waals surface area contributed by atoms with E-state index in [1.165, 1.54) is 13.3 Å². The smallest absolute Gasteiger partial charge is 0.337 e. The summed E-state index contributed by atoms with van der Waals surface area (Å²) in [7, 11) is 1.31. The van der Waals surface area contributed by atoms with Gasteiger partial charge in [0.2, 0.25) is 0 Å². The minimum atomic E-state index is -0.424. The summed E-state index contributed by atoms with van der Waals surface area (Å²) in [5, 5.41) is 5.21. The van der Waals surface area contributed by atoms with Crippen LogP contribution in [0.25, 0.3) is 0 Å². The number of methoxy groups -OCH3 is 1. The minimum absolute atomic E-state index is 0.261. The van der Waals surface area contributed by atoms with Gasteiger partial charge in [-0.05, 0) is 19.1 Å². The van der Waals surface area contributed by atoms with Crippen LogP contribution in [0.4, 0.5) is 4.79 Å². The molecule has 1 aromatic heterocycles. The molecule has 0 aliphatic rings. The maximum Gasteiger partial charge on any atom is 0.337 e. The summed E-state index contributed by atoms with van der Waals surface area (Å²) in [6.45, 7) is 2.65. The van der Waals surface area contributed by atoms with Crippen LogP contribution in [0, 0.1) is 0 Å². The van der Waals surface area contributed by atoms with E-state index in [4.69, 9.17) is 0 Å². The van der Waals surface area contributed by atoms with Crippen molar-refractivity contribution in [3.05, 3.63) is 29.6 Å². The van der Waals surface area contributed by atoms with Crippen LogP contribution < -0.4 is 10.6 Å². The summed E-state index contributed by atoms with van der Waals surface area (Å²) < 4.78 is 4.59. The van der Waals surface area contributed by atoms with Crippen LogP contribution in [-0.4, -0.2) is 30.6 Å². The molecule has 0 saturated heterocycles. The number of carbonyl (C=O) groups excluding carboxylic acids is 2. The predicted molar refractivity (Wildman–Crippen MR) is 61.5 cm³/mol. The van der Waals surface area contributed by atoms with Gasteiger partial charge in [0.25, 0.3) is 0 Å². The number of rotatable bonds is 4. The Morgan fingerprint density at radius 2 is 2.18 bits per heavy atom. The highest BCUT2D eigenvalue weighted by Gasteiger charge is 2.06. The van der Waals surface area contributed by atoms with Gasteiger partial charge < -0.3 is 15.4 Å². The largest absolute Gasteiger partial charge is 0.465 e. The summed E-state index contributed by atoms with van der Waals surface area (Å²) in [5.74, 6) is -0.424. The summed E-state index contributed by atoms with van der Waals surface area (Å²) in [6.07, 6.45) is 1.50. The molecule has 17 heavy (non-hydrogen) atoms. The first-order chi connectivity index (χ1) is 8.17. The predicted octanol–water partition coefficient (Wildman–Crippen LogP) is 0.687. The average molecular weight is 237 g/mol. The molecule has 0 unspecified atom stereocenters. The molecule has 0 saturated carbocycles. The number of hydrogen-bond acceptors (Lipinski definition) is 4. The zero-order valence-corrected chi connectivity index (χ0v) is 9.82. The average Bonchev–Trinajstić information content (AvgIpc) is 2.36. The molecule has 0 spiro atoms. The lowest BCUT2D eigenvalue weighted by molar-refractivity contribution is 0.0600. The quantitative estimate of drug-likeness (QED) is 0.755. The van der Waals surface area contributed by atoms with E-state index in [9.17, 15) is 9.59 Å². The van der Waals surface area contributed by atoms with Crippen LogP contribution in [0.1, 0.15) is 23.0 Å². The van der Waals surface area contributed by atoms with Crippen molar-refractivity contribution in [2.24, 2.45) is 0 Å². The summed E-state index contributed by atoms with van der Waals surface area (Å²) in [4.78, 5) is 26.4. The van der Waals surface area contributed by atoms with E-state index in [0.717, 1.165) is 0 Å². The Morgan fingerprint density at radius 1 is 1.41 bits per heavy atom. The lowest BCUT2D eigenvalue weighted by Gasteiger charge is -2.06. The van der Waals surface area contributed by atoms with Crippen molar-refractivity contribution in [1.82, 2.24) is 15.6 Å². The van der Waals surface area contributed by atoms with Crippen LogP contribution >= 0.6 is 0 Å². The summed E-state index contributed by atoms with van der Waals surface area (Å²) >= 11 is 0.